The number of likely N-dealkylation sites (N-methyl/N-ethyl adjacent to an activating group) is 1. The van der Waals surface area contributed by atoms with E-state index in [1.54, 1.807) is 26.2 Å². The number of carbonyl (C=O) groups excluding carboxylic acids is 1. The summed E-state index contributed by atoms with van der Waals surface area (Å²) in [5.74, 6) is 0.712. The van der Waals surface area contributed by atoms with Crippen LogP contribution >= 0.6 is 0 Å². The quantitative estimate of drug-likeness (QED) is 0.911. The molecule has 1 amide bonds. The maximum absolute atomic E-state index is 12.4. The van der Waals surface area contributed by atoms with Gasteiger partial charge in [0.25, 0.3) is 5.91 Å². The number of H-pyrrole nitrogens is 1. The molecule has 0 bridgehead atoms. The first-order valence-corrected chi connectivity index (χ1v) is 6.49. The summed E-state index contributed by atoms with van der Waals surface area (Å²) in [7, 11) is 5.03. The van der Waals surface area contributed by atoms with Gasteiger partial charge in [0.2, 0.25) is 0 Å². The standard InChI is InChI=1S/C15H20N2O3/c1-10(9-19-3)17(2)15(18)14-7-11-5-6-12(20-4)8-13(11)16-14/h5-8,10,16H,9H2,1-4H3/t10-/m1/s1. The van der Waals surface area contributed by atoms with Crippen LogP contribution in [0.5, 0.6) is 5.75 Å². The lowest BCUT2D eigenvalue weighted by Crippen LogP contribution is -2.37. The van der Waals surface area contributed by atoms with Crippen molar-refractivity contribution in [3.05, 3.63) is 30.0 Å². The van der Waals surface area contributed by atoms with Crippen molar-refractivity contribution in [2.75, 3.05) is 27.9 Å². The molecule has 0 aliphatic carbocycles. The topological polar surface area (TPSA) is 54.6 Å². The summed E-state index contributed by atoms with van der Waals surface area (Å²) < 4.78 is 10.3. The van der Waals surface area contributed by atoms with Crippen molar-refractivity contribution in [3.8, 4) is 5.75 Å². The van der Waals surface area contributed by atoms with E-state index in [1.165, 1.54) is 0 Å². The van der Waals surface area contributed by atoms with Gasteiger partial charge in [-0.25, -0.2) is 0 Å². The summed E-state index contributed by atoms with van der Waals surface area (Å²) in [6.45, 7) is 2.46. The predicted octanol–water partition coefficient (Wildman–Crippen LogP) is 2.28. The van der Waals surface area contributed by atoms with Gasteiger partial charge in [-0.2, -0.15) is 0 Å². The number of rotatable bonds is 5. The summed E-state index contributed by atoms with van der Waals surface area (Å²) in [6.07, 6.45) is 0. The van der Waals surface area contributed by atoms with E-state index in [1.807, 2.05) is 31.2 Å². The summed E-state index contributed by atoms with van der Waals surface area (Å²) >= 11 is 0. The van der Waals surface area contributed by atoms with Crippen LogP contribution in [0, 0.1) is 0 Å². The molecule has 1 aromatic heterocycles. The number of nitrogens with one attached hydrogen (secondary N) is 1. The van der Waals surface area contributed by atoms with Crippen LogP contribution in [0.1, 0.15) is 17.4 Å². The van der Waals surface area contributed by atoms with Crippen molar-refractivity contribution in [2.45, 2.75) is 13.0 Å². The van der Waals surface area contributed by atoms with Crippen LogP contribution in [0.3, 0.4) is 0 Å². The Morgan fingerprint density at radius 2 is 2.10 bits per heavy atom. The van der Waals surface area contributed by atoms with Crippen LogP contribution in [-0.2, 0) is 4.74 Å². The minimum absolute atomic E-state index is 0.0217. The Balaban J connectivity index is 2.26. The first-order valence-electron chi connectivity index (χ1n) is 6.49. The molecule has 108 valence electrons. The average molecular weight is 276 g/mol. The highest BCUT2D eigenvalue weighted by Crippen LogP contribution is 2.22. The number of methoxy groups -OCH3 is 2. The van der Waals surface area contributed by atoms with E-state index in [0.717, 1.165) is 16.7 Å². The number of fused-ring (bicyclic) bond motifs is 1. The molecule has 0 aliphatic heterocycles. The molecule has 0 fully saturated rings. The van der Waals surface area contributed by atoms with Gasteiger partial charge >= 0.3 is 0 Å². The van der Waals surface area contributed by atoms with Crippen LogP contribution in [0.4, 0.5) is 0 Å². The van der Waals surface area contributed by atoms with Crippen molar-refractivity contribution >= 4 is 16.8 Å². The van der Waals surface area contributed by atoms with Gasteiger partial charge in [0.1, 0.15) is 11.4 Å². The minimum atomic E-state index is -0.0512. The number of carbonyl (C=O) groups is 1. The van der Waals surface area contributed by atoms with Gasteiger partial charge in [-0.15, -0.1) is 0 Å². The second-order valence-corrected chi connectivity index (χ2v) is 4.86. The minimum Gasteiger partial charge on any atom is -0.497 e. The second kappa shape index (κ2) is 5.96. The fourth-order valence-electron chi connectivity index (χ4n) is 2.09. The zero-order chi connectivity index (χ0) is 14.7. The van der Waals surface area contributed by atoms with Crippen LogP contribution < -0.4 is 4.74 Å². The first-order chi connectivity index (χ1) is 9.56. The summed E-state index contributed by atoms with van der Waals surface area (Å²) in [5.41, 5.74) is 1.46. The van der Waals surface area contributed by atoms with E-state index < -0.39 is 0 Å². The van der Waals surface area contributed by atoms with E-state index >= 15 is 0 Å². The van der Waals surface area contributed by atoms with Crippen molar-refractivity contribution in [2.24, 2.45) is 0 Å². The Labute approximate surface area is 118 Å². The van der Waals surface area contributed by atoms with Crippen molar-refractivity contribution in [1.29, 1.82) is 0 Å². The highest BCUT2D eigenvalue weighted by atomic mass is 16.5. The Kier molecular flexibility index (Phi) is 4.29. The van der Waals surface area contributed by atoms with Crippen LogP contribution in [0.25, 0.3) is 10.9 Å². The Morgan fingerprint density at radius 1 is 1.35 bits per heavy atom. The fraction of sp³-hybridized carbons (Fsp3) is 0.400. The molecule has 1 atom stereocenters. The summed E-state index contributed by atoms with van der Waals surface area (Å²) in [5, 5.41) is 0.988. The fourth-order valence-corrected chi connectivity index (χ4v) is 2.09. The number of aromatic nitrogens is 1. The lowest BCUT2D eigenvalue weighted by Gasteiger charge is -2.23. The SMILES string of the molecule is COC[C@@H](C)N(C)C(=O)c1cc2ccc(OC)cc2[nH]1. The number of nitrogens with zero attached hydrogens (tertiary/aromatic N) is 1. The van der Waals surface area contributed by atoms with E-state index in [0.29, 0.717) is 12.3 Å². The molecule has 2 rings (SSSR count). The van der Waals surface area contributed by atoms with Gasteiger partial charge in [0, 0.05) is 31.1 Å². The van der Waals surface area contributed by atoms with Gasteiger partial charge < -0.3 is 19.4 Å². The third-order valence-electron chi connectivity index (χ3n) is 3.45. The lowest BCUT2D eigenvalue weighted by atomic mass is 10.2. The lowest BCUT2D eigenvalue weighted by molar-refractivity contribution is 0.0629. The molecule has 0 saturated carbocycles. The van der Waals surface area contributed by atoms with Crippen LogP contribution in [-0.4, -0.2) is 49.7 Å². The number of aromatic amines is 1. The molecule has 0 saturated heterocycles. The predicted molar refractivity (Wildman–Crippen MR) is 78.3 cm³/mol. The molecule has 20 heavy (non-hydrogen) atoms. The molecule has 0 unspecified atom stereocenters. The smallest absolute Gasteiger partial charge is 0.270 e. The Morgan fingerprint density at radius 3 is 2.75 bits per heavy atom. The molecular formula is C15H20N2O3. The molecule has 1 N–H and O–H groups in total. The Hall–Kier alpha value is -2.01. The third kappa shape index (κ3) is 2.77. The first kappa shape index (κ1) is 14.4. The van der Waals surface area contributed by atoms with E-state index in [-0.39, 0.29) is 11.9 Å². The summed E-state index contributed by atoms with van der Waals surface area (Å²) in [4.78, 5) is 17.2. The van der Waals surface area contributed by atoms with Gasteiger partial charge in [-0.1, -0.05) is 0 Å². The maximum atomic E-state index is 12.4. The molecular weight excluding hydrogens is 256 g/mol. The highest BCUT2D eigenvalue weighted by molar-refractivity contribution is 5.98. The number of benzene rings is 1. The van der Waals surface area contributed by atoms with E-state index in [2.05, 4.69) is 4.98 Å². The number of hydrogen-bond donors (Lipinski definition) is 1. The van der Waals surface area contributed by atoms with Crippen molar-refractivity contribution in [1.82, 2.24) is 9.88 Å². The average Bonchev–Trinajstić information content (AvgIpc) is 2.88. The Bertz CT molecular complexity index is 606. The van der Waals surface area contributed by atoms with Crippen LogP contribution in [0.2, 0.25) is 0 Å². The molecule has 5 nitrogen and oxygen atoms in total. The van der Waals surface area contributed by atoms with Gasteiger partial charge in [-0.05, 0) is 25.1 Å². The highest BCUT2D eigenvalue weighted by Gasteiger charge is 2.19. The zero-order valence-corrected chi connectivity index (χ0v) is 12.3. The molecule has 1 aromatic carbocycles. The molecule has 0 aliphatic rings. The van der Waals surface area contributed by atoms with Gasteiger partial charge in [-0.3, -0.25) is 4.79 Å². The molecule has 0 radical (unpaired) electrons. The maximum Gasteiger partial charge on any atom is 0.270 e. The van der Waals surface area contributed by atoms with Crippen molar-refractivity contribution < 1.29 is 14.3 Å². The third-order valence-corrected chi connectivity index (χ3v) is 3.45. The van der Waals surface area contributed by atoms with E-state index in [9.17, 15) is 4.79 Å². The number of amides is 1. The van der Waals surface area contributed by atoms with E-state index in [4.69, 9.17) is 9.47 Å². The van der Waals surface area contributed by atoms with Gasteiger partial charge in [0.05, 0.1) is 19.8 Å². The van der Waals surface area contributed by atoms with Crippen LogP contribution in [0.15, 0.2) is 24.3 Å². The zero-order valence-electron chi connectivity index (χ0n) is 12.3. The molecule has 1 heterocycles. The van der Waals surface area contributed by atoms with Crippen molar-refractivity contribution in [3.63, 3.8) is 0 Å². The van der Waals surface area contributed by atoms with Gasteiger partial charge in [0.15, 0.2) is 0 Å². The molecule has 0 spiro atoms. The molecule has 2 aromatic rings. The number of ether oxygens (including phenoxy) is 2. The second-order valence-electron chi connectivity index (χ2n) is 4.86. The number of hydrogen-bond acceptors (Lipinski definition) is 3. The normalized spacial score (nSPS) is 12.4. The summed E-state index contributed by atoms with van der Waals surface area (Å²) in [6, 6.07) is 7.56. The monoisotopic (exact) mass is 276 g/mol. The molecule has 5 heteroatoms. The largest absolute Gasteiger partial charge is 0.497 e.